The van der Waals surface area contributed by atoms with Crippen molar-refractivity contribution in [3.63, 3.8) is 0 Å². The molecule has 0 unspecified atom stereocenters. The molecule has 1 saturated heterocycles. The second-order valence-corrected chi connectivity index (χ2v) is 7.59. The van der Waals surface area contributed by atoms with Crippen molar-refractivity contribution in [2.75, 3.05) is 18.4 Å². The van der Waals surface area contributed by atoms with Crippen molar-refractivity contribution in [3.8, 4) is 0 Å². The Balaban J connectivity index is 1.58. The lowest BCUT2D eigenvalue weighted by Gasteiger charge is -2.26. The molecule has 1 aliphatic rings. The summed E-state index contributed by atoms with van der Waals surface area (Å²) < 4.78 is 0. The number of rotatable bonds is 4. The molecular formula is C22H27N3OS. The molecule has 0 spiro atoms. The maximum absolute atomic E-state index is 12.7. The van der Waals surface area contributed by atoms with E-state index in [1.165, 1.54) is 12.0 Å². The first-order valence-electron chi connectivity index (χ1n) is 9.53. The van der Waals surface area contributed by atoms with Crippen molar-refractivity contribution in [3.05, 3.63) is 64.7 Å². The lowest BCUT2D eigenvalue weighted by molar-refractivity contribution is 0.0724. The smallest absolute Gasteiger partial charge is 0.253 e. The van der Waals surface area contributed by atoms with E-state index in [0.29, 0.717) is 11.7 Å². The zero-order valence-corrected chi connectivity index (χ0v) is 16.9. The normalized spacial score (nSPS) is 13.9. The molecule has 0 saturated carbocycles. The minimum absolute atomic E-state index is 0.132. The molecule has 0 radical (unpaired) electrons. The highest BCUT2D eigenvalue weighted by molar-refractivity contribution is 7.80. The van der Waals surface area contributed by atoms with Crippen LogP contribution in [0.2, 0.25) is 0 Å². The molecule has 27 heavy (non-hydrogen) atoms. The molecule has 1 aliphatic heterocycles. The number of thiocarbonyl (C=S) groups is 1. The Morgan fingerprint density at radius 1 is 1.07 bits per heavy atom. The monoisotopic (exact) mass is 381 g/mol. The molecule has 1 amide bonds. The number of hydrogen-bond donors (Lipinski definition) is 2. The van der Waals surface area contributed by atoms with Gasteiger partial charge in [0.1, 0.15) is 0 Å². The highest BCUT2D eigenvalue weighted by atomic mass is 32.1. The van der Waals surface area contributed by atoms with Gasteiger partial charge in [0.2, 0.25) is 0 Å². The Morgan fingerprint density at radius 3 is 2.63 bits per heavy atom. The second-order valence-electron chi connectivity index (χ2n) is 7.18. The largest absolute Gasteiger partial charge is 0.358 e. The van der Waals surface area contributed by atoms with Crippen molar-refractivity contribution >= 4 is 28.9 Å². The number of piperidine rings is 1. The highest BCUT2D eigenvalue weighted by Crippen LogP contribution is 2.17. The van der Waals surface area contributed by atoms with Crippen LogP contribution in [0.3, 0.4) is 0 Å². The van der Waals surface area contributed by atoms with Crippen molar-refractivity contribution < 1.29 is 4.79 Å². The van der Waals surface area contributed by atoms with Crippen LogP contribution >= 0.6 is 12.2 Å². The minimum Gasteiger partial charge on any atom is -0.358 e. The van der Waals surface area contributed by atoms with Crippen LogP contribution in [0.25, 0.3) is 0 Å². The third-order valence-electron chi connectivity index (χ3n) is 4.91. The van der Waals surface area contributed by atoms with Crippen molar-refractivity contribution in [1.29, 1.82) is 0 Å². The van der Waals surface area contributed by atoms with E-state index in [-0.39, 0.29) is 5.91 Å². The van der Waals surface area contributed by atoms with E-state index in [1.54, 1.807) is 0 Å². The molecule has 4 nitrogen and oxygen atoms in total. The van der Waals surface area contributed by atoms with Crippen molar-refractivity contribution in [2.24, 2.45) is 0 Å². The Labute approximate surface area is 167 Å². The molecule has 1 heterocycles. The maximum Gasteiger partial charge on any atom is 0.253 e. The molecule has 0 aromatic heterocycles. The Morgan fingerprint density at radius 2 is 1.85 bits per heavy atom. The molecule has 0 atom stereocenters. The molecular weight excluding hydrogens is 354 g/mol. The van der Waals surface area contributed by atoms with E-state index in [1.807, 2.05) is 29.2 Å². The predicted octanol–water partition coefficient (Wildman–Crippen LogP) is 4.42. The summed E-state index contributed by atoms with van der Waals surface area (Å²) in [6, 6.07) is 14.1. The number of carbonyl (C=O) groups excluding carboxylic acids is 1. The van der Waals surface area contributed by atoms with E-state index < -0.39 is 0 Å². The van der Waals surface area contributed by atoms with Gasteiger partial charge in [-0.2, -0.15) is 0 Å². The van der Waals surface area contributed by atoms with Gasteiger partial charge in [0.25, 0.3) is 5.91 Å². The third kappa shape index (κ3) is 5.30. The third-order valence-corrected chi connectivity index (χ3v) is 5.16. The number of carbonyl (C=O) groups is 1. The van der Waals surface area contributed by atoms with Crippen molar-refractivity contribution in [1.82, 2.24) is 10.2 Å². The topological polar surface area (TPSA) is 44.4 Å². The standard InChI is InChI=1S/C22H27N3OS/c1-16-9-10-17(2)20(13-16)24-22(27)23-15-18-7-6-8-19(14-18)21(26)25-11-4-3-5-12-25/h6-10,13-14H,3-5,11-12,15H2,1-2H3,(H2,23,24,27). The number of amides is 1. The summed E-state index contributed by atoms with van der Waals surface area (Å²) in [4.78, 5) is 14.6. The lowest BCUT2D eigenvalue weighted by atomic mass is 10.1. The minimum atomic E-state index is 0.132. The van der Waals surface area contributed by atoms with Gasteiger partial charge in [-0.25, -0.2) is 0 Å². The van der Waals surface area contributed by atoms with Crippen LogP contribution in [0, 0.1) is 13.8 Å². The molecule has 2 aromatic rings. The average Bonchev–Trinajstić information content (AvgIpc) is 2.69. The van der Waals surface area contributed by atoms with Crippen molar-refractivity contribution in [2.45, 2.75) is 39.7 Å². The van der Waals surface area contributed by atoms with E-state index in [9.17, 15) is 4.79 Å². The SMILES string of the molecule is Cc1ccc(C)c(NC(=S)NCc2cccc(C(=O)N3CCCCC3)c2)c1. The van der Waals surface area contributed by atoms with Gasteiger partial charge in [-0.15, -0.1) is 0 Å². The molecule has 0 aliphatic carbocycles. The number of aryl methyl sites for hydroxylation is 2. The van der Waals surface area contributed by atoms with Gasteiger partial charge >= 0.3 is 0 Å². The fourth-order valence-corrected chi connectivity index (χ4v) is 3.50. The van der Waals surface area contributed by atoms with E-state index in [0.717, 1.165) is 48.3 Å². The first-order chi connectivity index (χ1) is 13.0. The summed E-state index contributed by atoms with van der Waals surface area (Å²) in [5.41, 5.74) is 5.16. The van der Waals surface area contributed by atoms with Crippen LogP contribution in [-0.4, -0.2) is 29.0 Å². The fraction of sp³-hybridized carbons (Fsp3) is 0.364. The summed E-state index contributed by atoms with van der Waals surface area (Å²) in [7, 11) is 0. The van der Waals surface area contributed by atoms with Crippen LogP contribution in [0.15, 0.2) is 42.5 Å². The fourth-order valence-electron chi connectivity index (χ4n) is 3.31. The maximum atomic E-state index is 12.7. The first kappa shape index (κ1) is 19.4. The van der Waals surface area contributed by atoms with Gasteiger partial charge in [0, 0.05) is 30.9 Å². The average molecular weight is 382 g/mol. The van der Waals surface area contributed by atoms with Crippen LogP contribution < -0.4 is 10.6 Å². The molecule has 0 bridgehead atoms. The molecule has 2 N–H and O–H groups in total. The predicted molar refractivity (Wildman–Crippen MR) is 115 cm³/mol. The van der Waals surface area contributed by atoms with Gasteiger partial charge in [0.05, 0.1) is 0 Å². The number of anilines is 1. The molecule has 142 valence electrons. The first-order valence-corrected chi connectivity index (χ1v) is 9.94. The molecule has 3 rings (SSSR count). The van der Waals surface area contributed by atoms with Crippen LogP contribution in [0.1, 0.15) is 46.3 Å². The van der Waals surface area contributed by atoms with Crippen LogP contribution in [0.5, 0.6) is 0 Å². The summed E-state index contributed by atoms with van der Waals surface area (Å²) in [5, 5.41) is 7.07. The van der Waals surface area contributed by atoms with Crippen LogP contribution in [-0.2, 0) is 6.54 Å². The van der Waals surface area contributed by atoms with Crippen LogP contribution in [0.4, 0.5) is 5.69 Å². The zero-order valence-electron chi connectivity index (χ0n) is 16.0. The van der Waals surface area contributed by atoms with Gasteiger partial charge in [0.15, 0.2) is 5.11 Å². The van der Waals surface area contributed by atoms with Gasteiger partial charge in [-0.3, -0.25) is 4.79 Å². The van der Waals surface area contributed by atoms with E-state index in [2.05, 4.69) is 42.7 Å². The van der Waals surface area contributed by atoms with Gasteiger partial charge in [-0.1, -0.05) is 24.3 Å². The quantitative estimate of drug-likeness (QED) is 0.770. The summed E-state index contributed by atoms with van der Waals surface area (Å²) in [5.74, 6) is 0.132. The Hall–Kier alpha value is -2.40. The number of likely N-dealkylation sites (tertiary alicyclic amines) is 1. The number of nitrogens with zero attached hydrogens (tertiary/aromatic N) is 1. The number of hydrogen-bond acceptors (Lipinski definition) is 2. The van der Waals surface area contributed by atoms with Gasteiger partial charge < -0.3 is 15.5 Å². The molecule has 5 heteroatoms. The van der Waals surface area contributed by atoms with Gasteiger partial charge in [-0.05, 0) is 80.2 Å². The van der Waals surface area contributed by atoms with E-state index >= 15 is 0 Å². The zero-order chi connectivity index (χ0) is 19.2. The molecule has 2 aromatic carbocycles. The summed E-state index contributed by atoms with van der Waals surface area (Å²) >= 11 is 5.43. The molecule has 1 fully saturated rings. The number of nitrogens with one attached hydrogen (secondary N) is 2. The number of benzene rings is 2. The highest BCUT2D eigenvalue weighted by Gasteiger charge is 2.18. The Kier molecular flexibility index (Phi) is 6.45. The summed E-state index contributed by atoms with van der Waals surface area (Å²) in [6.07, 6.45) is 3.43. The summed E-state index contributed by atoms with van der Waals surface area (Å²) in [6.45, 7) is 6.43. The van der Waals surface area contributed by atoms with E-state index in [4.69, 9.17) is 12.2 Å². The Bertz CT molecular complexity index is 828. The second kappa shape index (κ2) is 9.00. The lowest BCUT2D eigenvalue weighted by Crippen LogP contribution is -2.35.